The topological polar surface area (TPSA) is 52.0 Å². The second kappa shape index (κ2) is 8.62. The van der Waals surface area contributed by atoms with Gasteiger partial charge in [-0.2, -0.15) is 0 Å². The zero-order valence-corrected chi connectivity index (χ0v) is 17.7. The number of thiophene rings is 1. The van der Waals surface area contributed by atoms with Crippen LogP contribution in [0.15, 0.2) is 40.3 Å². The second-order valence-corrected chi connectivity index (χ2v) is 9.20. The normalized spacial score (nSPS) is 13.6. The molecule has 0 saturated carbocycles. The maximum absolute atomic E-state index is 13.3. The summed E-state index contributed by atoms with van der Waals surface area (Å²) in [6.07, 6.45) is 6.32. The lowest BCUT2D eigenvalue weighted by Crippen LogP contribution is -2.24. The van der Waals surface area contributed by atoms with Crippen LogP contribution in [-0.4, -0.2) is 21.1 Å². The Bertz CT molecular complexity index is 1050. The molecule has 1 aliphatic carbocycles. The molecule has 1 aliphatic rings. The average molecular weight is 413 g/mol. The highest BCUT2D eigenvalue weighted by molar-refractivity contribution is 7.99. The van der Waals surface area contributed by atoms with Gasteiger partial charge in [-0.1, -0.05) is 55.4 Å². The summed E-state index contributed by atoms with van der Waals surface area (Å²) in [6.45, 7) is 2.78. The summed E-state index contributed by atoms with van der Waals surface area (Å²) in [5, 5.41) is 1.50. The van der Waals surface area contributed by atoms with E-state index in [0.717, 1.165) is 42.3 Å². The van der Waals surface area contributed by atoms with Crippen molar-refractivity contribution in [3.8, 4) is 0 Å². The summed E-state index contributed by atoms with van der Waals surface area (Å²) in [5.74, 6) is 0.353. The summed E-state index contributed by atoms with van der Waals surface area (Å²) < 4.78 is 1.80. The number of benzene rings is 1. The lowest BCUT2D eigenvalue weighted by atomic mass is 9.97. The first kappa shape index (κ1) is 19.4. The van der Waals surface area contributed by atoms with Gasteiger partial charge in [-0.05, 0) is 37.7 Å². The molecule has 0 N–H and O–H groups in total. The van der Waals surface area contributed by atoms with Gasteiger partial charge in [0.15, 0.2) is 10.9 Å². The molecule has 6 heteroatoms. The van der Waals surface area contributed by atoms with Crippen molar-refractivity contribution >= 4 is 39.1 Å². The standard InChI is InChI=1S/C22H24N2O2S2/c1-2-3-13-24-21(26)19-16-11-7-8-12-18(16)28-20(19)23-22(24)27-14-17(25)15-9-5-4-6-10-15/h4-6,9-10H,2-3,7-8,11-14H2,1H3. The molecule has 0 bridgehead atoms. The van der Waals surface area contributed by atoms with E-state index in [1.165, 1.54) is 28.6 Å². The van der Waals surface area contributed by atoms with E-state index in [-0.39, 0.29) is 11.3 Å². The van der Waals surface area contributed by atoms with Crippen molar-refractivity contribution in [3.05, 3.63) is 56.7 Å². The molecular formula is C22H24N2O2S2. The van der Waals surface area contributed by atoms with Gasteiger partial charge in [-0.15, -0.1) is 11.3 Å². The van der Waals surface area contributed by atoms with Crippen LogP contribution in [0.1, 0.15) is 53.4 Å². The number of fused-ring (bicyclic) bond motifs is 3. The Hall–Kier alpha value is -1.92. The summed E-state index contributed by atoms with van der Waals surface area (Å²) in [5.41, 5.74) is 2.00. The fourth-order valence-electron chi connectivity index (χ4n) is 3.68. The van der Waals surface area contributed by atoms with Crippen molar-refractivity contribution in [1.82, 2.24) is 9.55 Å². The third-order valence-corrected chi connectivity index (χ3v) is 7.37. The number of carbonyl (C=O) groups excluding carboxylic acids is 1. The highest BCUT2D eigenvalue weighted by Gasteiger charge is 2.22. The van der Waals surface area contributed by atoms with Crippen LogP contribution in [-0.2, 0) is 19.4 Å². The molecule has 0 unspecified atom stereocenters. The fourth-order valence-corrected chi connectivity index (χ4v) is 5.90. The Balaban J connectivity index is 1.69. The van der Waals surface area contributed by atoms with Crippen LogP contribution in [0, 0.1) is 0 Å². The number of hydrogen-bond acceptors (Lipinski definition) is 5. The van der Waals surface area contributed by atoms with E-state index in [2.05, 4.69) is 6.92 Å². The minimum absolute atomic E-state index is 0.0625. The Morgan fingerprint density at radius 2 is 2.00 bits per heavy atom. The first-order valence-corrected chi connectivity index (χ1v) is 11.8. The lowest BCUT2D eigenvalue weighted by Gasteiger charge is -2.13. The Kier molecular flexibility index (Phi) is 5.97. The molecule has 4 nitrogen and oxygen atoms in total. The highest BCUT2D eigenvalue weighted by atomic mass is 32.2. The average Bonchev–Trinajstić information content (AvgIpc) is 3.10. The number of carbonyl (C=O) groups is 1. The number of thioether (sulfide) groups is 1. The lowest BCUT2D eigenvalue weighted by molar-refractivity contribution is 0.102. The van der Waals surface area contributed by atoms with Crippen LogP contribution < -0.4 is 5.56 Å². The van der Waals surface area contributed by atoms with Crippen molar-refractivity contribution < 1.29 is 4.79 Å². The van der Waals surface area contributed by atoms with E-state index in [1.54, 1.807) is 15.9 Å². The molecule has 28 heavy (non-hydrogen) atoms. The summed E-state index contributed by atoms with van der Waals surface area (Å²) in [4.78, 5) is 32.9. The predicted molar refractivity (Wildman–Crippen MR) is 117 cm³/mol. The van der Waals surface area contributed by atoms with E-state index in [1.807, 2.05) is 30.3 Å². The molecule has 3 aromatic rings. The van der Waals surface area contributed by atoms with E-state index >= 15 is 0 Å². The Morgan fingerprint density at radius 1 is 1.21 bits per heavy atom. The first-order valence-electron chi connectivity index (χ1n) is 9.95. The van der Waals surface area contributed by atoms with Gasteiger partial charge in [0, 0.05) is 17.0 Å². The van der Waals surface area contributed by atoms with Gasteiger partial charge >= 0.3 is 0 Å². The van der Waals surface area contributed by atoms with Crippen molar-refractivity contribution in [1.29, 1.82) is 0 Å². The molecule has 0 aliphatic heterocycles. The molecule has 0 saturated heterocycles. The van der Waals surface area contributed by atoms with Gasteiger partial charge < -0.3 is 0 Å². The molecule has 0 fully saturated rings. The zero-order valence-electron chi connectivity index (χ0n) is 16.1. The van der Waals surface area contributed by atoms with Gasteiger partial charge in [0.2, 0.25) is 0 Å². The van der Waals surface area contributed by atoms with Gasteiger partial charge in [0.1, 0.15) is 4.83 Å². The van der Waals surface area contributed by atoms with Crippen LogP contribution in [0.2, 0.25) is 0 Å². The molecule has 0 radical (unpaired) electrons. The molecule has 0 amide bonds. The maximum Gasteiger partial charge on any atom is 0.263 e. The predicted octanol–water partition coefficient (Wildman–Crippen LogP) is 5.11. The van der Waals surface area contributed by atoms with Crippen LogP contribution in [0.3, 0.4) is 0 Å². The van der Waals surface area contributed by atoms with E-state index in [4.69, 9.17) is 4.98 Å². The van der Waals surface area contributed by atoms with Crippen molar-refractivity contribution in [2.45, 2.75) is 57.1 Å². The number of unbranched alkanes of at least 4 members (excludes halogenated alkanes) is 1. The third-order valence-electron chi connectivity index (χ3n) is 5.20. The highest BCUT2D eigenvalue weighted by Crippen LogP contribution is 2.34. The fraction of sp³-hybridized carbons (Fsp3) is 0.409. The number of aromatic nitrogens is 2. The Labute approximate surface area is 173 Å². The molecule has 1 aromatic carbocycles. The van der Waals surface area contributed by atoms with Crippen LogP contribution in [0.25, 0.3) is 10.2 Å². The first-order chi connectivity index (χ1) is 13.7. The maximum atomic E-state index is 13.3. The quantitative estimate of drug-likeness (QED) is 0.307. The van der Waals surface area contributed by atoms with E-state index in [9.17, 15) is 9.59 Å². The smallest absolute Gasteiger partial charge is 0.263 e. The molecular weight excluding hydrogens is 388 g/mol. The number of rotatable bonds is 7. The minimum atomic E-state index is 0.0625. The number of ketones is 1. The van der Waals surface area contributed by atoms with Crippen molar-refractivity contribution in [3.63, 3.8) is 0 Å². The van der Waals surface area contributed by atoms with Gasteiger partial charge in [-0.25, -0.2) is 4.98 Å². The van der Waals surface area contributed by atoms with Crippen LogP contribution >= 0.6 is 23.1 Å². The monoisotopic (exact) mass is 412 g/mol. The molecule has 0 spiro atoms. The van der Waals surface area contributed by atoms with E-state index in [0.29, 0.717) is 23.0 Å². The van der Waals surface area contributed by atoms with Crippen molar-refractivity contribution in [2.75, 3.05) is 5.75 Å². The molecule has 2 heterocycles. The van der Waals surface area contributed by atoms with Gasteiger partial charge in [0.05, 0.1) is 11.1 Å². The molecule has 0 atom stereocenters. The number of nitrogens with zero attached hydrogens (tertiary/aromatic N) is 2. The van der Waals surface area contributed by atoms with Crippen molar-refractivity contribution in [2.24, 2.45) is 0 Å². The third kappa shape index (κ3) is 3.80. The van der Waals surface area contributed by atoms with Gasteiger partial charge in [0.25, 0.3) is 5.56 Å². The Morgan fingerprint density at radius 3 is 2.79 bits per heavy atom. The molecule has 4 rings (SSSR count). The number of hydrogen-bond donors (Lipinski definition) is 0. The van der Waals surface area contributed by atoms with E-state index < -0.39 is 0 Å². The summed E-state index contributed by atoms with van der Waals surface area (Å²) in [7, 11) is 0. The summed E-state index contributed by atoms with van der Waals surface area (Å²) >= 11 is 3.05. The number of aryl methyl sites for hydroxylation is 2. The van der Waals surface area contributed by atoms with Crippen LogP contribution in [0.5, 0.6) is 0 Å². The molecule has 146 valence electrons. The number of Topliss-reactive ketones (excluding diaryl/α,β-unsaturated/α-hetero) is 1. The minimum Gasteiger partial charge on any atom is -0.293 e. The second-order valence-electron chi connectivity index (χ2n) is 7.17. The van der Waals surface area contributed by atoms with Crippen LogP contribution in [0.4, 0.5) is 0 Å². The summed E-state index contributed by atoms with van der Waals surface area (Å²) in [6, 6.07) is 9.31. The van der Waals surface area contributed by atoms with Gasteiger partial charge in [-0.3, -0.25) is 14.2 Å². The molecule has 2 aromatic heterocycles. The largest absolute Gasteiger partial charge is 0.293 e. The SMILES string of the molecule is CCCCn1c(SCC(=O)c2ccccc2)nc2sc3c(c2c1=O)CCCC3. The zero-order chi connectivity index (χ0) is 19.5.